The van der Waals surface area contributed by atoms with E-state index >= 15 is 0 Å². The standard InChI is InChI=1S/C11H12FNO4/c12-8-3-1-2-4-10(8)17-6-7(14)5-9(13)11(15)16/h1-4,9H,5-6,13H2,(H,15,16). The number of carbonyl (C=O) groups excluding carboxylic acids is 1. The number of halogens is 1. The summed E-state index contributed by atoms with van der Waals surface area (Å²) in [6.07, 6.45) is -0.343. The highest BCUT2D eigenvalue weighted by molar-refractivity contribution is 5.86. The number of Topliss-reactive ketones (excluding diaryl/α,β-unsaturated/α-hetero) is 1. The Balaban J connectivity index is 2.44. The summed E-state index contributed by atoms with van der Waals surface area (Å²) >= 11 is 0. The lowest BCUT2D eigenvalue weighted by atomic mass is 10.1. The van der Waals surface area contributed by atoms with Crippen molar-refractivity contribution in [3.8, 4) is 5.75 Å². The molecular weight excluding hydrogens is 229 g/mol. The lowest BCUT2D eigenvalue weighted by Gasteiger charge is -2.08. The molecule has 0 amide bonds. The molecule has 0 heterocycles. The second-order valence-electron chi connectivity index (χ2n) is 3.41. The summed E-state index contributed by atoms with van der Waals surface area (Å²) in [6, 6.07) is 4.37. The van der Waals surface area contributed by atoms with E-state index in [0.29, 0.717) is 0 Å². The molecule has 3 N–H and O–H groups in total. The van der Waals surface area contributed by atoms with E-state index in [-0.39, 0.29) is 12.2 Å². The van der Waals surface area contributed by atoms with E-state index in [4.69, 9.17) is 15.6 Å². The lowest BCUT2D eigenvalue weighted by molar-refractivity contribution is -0.140. The molecule has 6 heteroatoms. The Labute approximate surface area is 97.0 Å². The van der Waals surface area contributed by atoms with Crippen molar-refractivity contribution in [2.45, 2.75) is 12.5 Å². The molecule has 0 aromatic heterocycles. The molecule has 0 fully saturated rings. The third kappa shape index (κ3) is 4.20. The van der Waals surface area contributed by atoms with Gasteiger partial charge in [-0.25, -0.2) is 4.39 Å². The quantitative estimate of drug-likeness (QED) is 0.760. The van der Waals surface area contributed by atoms with Crippen LogP contribution in [0.2, 0.25) is 0 Å². The molecule has 17 heavy (non-hydrogen) atoms. The molecule has 92 valence electrons. The number of aliphatic carboxylic acids is 1. The van der Waals surface area contributed by atoms with Gasteiger partial charge in [0.1, 0.15) is 12.6 Å². The zero-order chi connectivity index (χ0) is 12.8. The van der Waals surface area contributed by atoms with Crippen LogP contribution in [0.1, 0.15) is 6.42 Å². The molecule has 1 aromatic carbocycles. The van der Waals surface area contributed by atoms with Crippen molar-refractivity contribution in [3.05, 3.63) is 30.1 Å². The van der Waals surface area contributed by atoms with Crippen LogP contribution in [0, 0.1) is 5.82 Å². The van der Waals surface area contributed by atoms with E-state index in [9.17, 15) is 14.0 Å². The Morgan fingerprint density at radius 1 is 1.41 bits per heavy atom. The average Bonchev–Trinajstić information content (AvgIpc) is 2.27. The number of hydrogen-bond acceptors (Lipinski definition) is 4. The molecule has 0 aliphatic carbocycles. The summed E-state index contributed by atoms with van der Waals surface area (Å²) in [5.74, 6) is -2.39. The molecule has 1 rings (SSSR count). The van der Waals surface area contributed by atoms with Crippen LogP contribution in [0.5, 0.6) is 5.75 Å². The number of rotatable bonds is 6. The Morgan fingerprint density at radius 3 is 2.65 bits per heavy atom. The Hall–Kier alpha value is -1.95. The van der Waals surface area contributed by atoms with Crippen LogP contribution in [0.4, 0.5) is 4.39 Å². The number of para-hydroxylation sites is 1. The van der Waals surface area contributed by atoms with Gasteiger partial charge in [0.05, 0.1) is 0 Å². The van der Waals surface area contributed by atoms with Gasteiger partial charge in [-0.15, -0.1) is 0 Å². The maximum atomic E-state index is 13.1. The average molecular weight is 241 g/mol. The second kappa shape index (κ2) is 5.95. The number of nitrogens with two attached hydrogens (primary N) is 1. The number of carbonyl (C=O) groups is 2. The highest BCUT2D eigenvalue weighted by Gasteiger charge is 2.16. The van der Waals surface area contributed by atoms with Crippen molar-refractivity contribution in [1.29, 1.82) is 0 Å². The van der Waals surface area contributed by atoms with Gasteiger partial charge in [0, 0.05) is 6.42 Å². The smallest absolute Gasteiger partial charge is 0.320 e. The van der Waals surface area contributed by atoms with Crippen LogP contribution in [-0.4, -0.2) is 29.5 Å². The first-order chi connectivity index (χ1) is 8.00. The molecule has 0 saturated heterocycles. The van der Waals surface area contributed by atoms with E-state index in [2.05, 4.69) is 0 Å². The molecule has 0 bridgehead atoms. The number of carboxylic acids is 1. The molecule has 0 spiro atoms. The number of ketones is 1. The molecule has 0 saturated carbocycles. The molecular formula is C11H12FNO4. The monoisotopic (exact) mass is 241 g/mol. The first kappa shape index (κ1) is 13.1. The summed E-state index contributed by atoms with van der Waals surface area (Å²) in [6.45, 7) is -0.401. The van der Waals surface area contributed by atoms with Crippen LogP contribution in [0.25, 0.3) is 0 Å². The third-order valence-corrected chi connectivity index (χ3v) is 1.99. The maximum absolute atomic E-state index is 13.1. The zero-order valence-corrected chi connectivity index (χ0v) is 8.93. The number of benzene rings is 1. The van der Waals surface area contributed by atoms with Crippen molar-refractivity contribution >= 4 is 11.8 Å². The predicted octanol–water partition coefficient (Wildman–Crippen LogP) is 0.576. The minimum Gasteiger partial charge on any atom is -0.483 e. The number of carboxylic acid groups (broad SMARTS) is 1. The van der Waals surface area contributed by atoms with Crippen molar-refractivity contribution < 1.29 is 23.8 Å². The van der Waals surface area contributed by atoms with E-state index in [1.807, 2.05) is 0 Å². The largest absolute Gasteiger partial charge is 0.483 e. The summed E-state index contributed by atoms with van der Waals surface area (Å²) < 4.78 is 18.0. The topological polar surface area (TPSA) is 89.6 Å². The van der Waals surface area contributed by atoms with E-state index in [0.717, 1.165) is 0 Å². The minimum absolute atomic E-state index is 0.0512. The number of hydrogen-bond donors (Lipinski definition) is 2. The van der Waals surface area contributed by atoms with Crippen molar-refractivity contribution in [1.82, 2.24) is 0 Å². The fraction of sp³-hybridized carbons (Fsp3) is 0.273. The van der Waals surface area contributed by atoms with Crippen LogP contribution in [0.15, 0.2) is 24.3 Å². The Bertz CT molecular complexity index is 422. The summed E-state index contributed by atoms with van der Waals surface area (Å²) in [4.78, 5) is 21.6. The van der Waals surface area contributed by atoms with Crippen LogP contribution in [0.3, 0.4) is 0 Å². The molecule has 1 atom stereocenters. The highest BCUT2D eigenvalue weighted by Crippen LogP contribution is 2.15. The molecule has 0 radical (unpaired) electrons. The van der Waals surface area contributed by atoms with Gasteiger partial charge >= 0.3 is 5.97 Å². The maximum Gasteiger partial charge on any atom is 0.320 e. The Morgan fingerprint density at radius 2 is 2.06 bits per heavy atom. The molecule has 0 aliphatic rings. The van der Waals surface area contributed by atoms with Crippen molar-refractivity contribution in [2.24, 2.45) is 5.73 Å². The SMILES string of the molecule is NC(CC(=O)COc1ccccc1F)C(=O)O. The van der Waals surface area contributed by atoms with Gasteiger partial charge < -0.3 is 15.6 Å². The minimum atomic E-state index is -1.26. The van der Waals surface area contributed by atoms with Gasteiger partial charge in [-0.1, -0.05) is 12.1 Å². The molecule has 1 aromatic rings. The van der Waals surface area contributed by atoms with E-state index < -0.39 is 30.2 Å². The molecule has 0 aliphatic heterocycles. The van der Waals surface area contributed by atoms with Gasteiger partial charge in [0.2, 0.25) is 0 Å². The van der Waals surface area contributed by atoms with Crippen LogP contribution >= 0.6 is 0 Å². The second-order valence-corrected chi connectivity index (χ2v) is 3.41. The van der Waals surface area contributed by atoms with E-state index in [1.54, 1.807) is 6.07 Å². The first-order valence-electron chi connectivity index (χ1n) is 4.88. The first-order valence-corrected chi connectivity index (χ1v) is 4.88. The normalized spacial score (nSPS) is 11.9. The van der Waals surface area contributed by atoms with Gasteiger partial charge in [0.15, 0.2) is 17.3 Å². The Kier molecular flexibility index (Phi) is 4.59. The van der Waals surface area contributed by atoms with Crippen molar-refractivity contribution in [3.63, 3.8) is 0 Å². The van der Waals surface area contributed by atoms with E-state index in [1.165, 1.54) is 18.2 Å². The van der Waals surface area contributed by atoms with Crippen molar-refractivity contribution in [2.75, 3.05) is 6.61 Å². The van der Waals surface area contributed by atoms with Gasteiger partial charge in [0.25, 0.3) is 0 Å². The fourth-order valence-electron chi connectivity index (χ4n) is 1.11. The highest BCUT2D eigenvalue weighted by atomic mass is 19.1. The van der Waals surface area contributed by atoms with Gasteiger partial charge in [-0.2, -0.15) is 0 Å². The number of ether oxygens (including phenoxy) is 1. The third-order valence-electron chi connectivity index (χ3n) is 1.99. The lowest BCUT2D eigenvalue weighted by Crippen LogP contribution is -2.33. The summed E-state index contributed by atoms with van der Waals surface area (Å²) in [7, 11) is 0. The summed E-state index contributed by atoms with van der Waals surface area (Å²) in [5.41, 5.74) is 5.17. The molecule has 5 nitrogen and oxygen atoms in total. The predicted molar refractivity (Wildman–Crippen MR) is 57.1 cm³/mol. The molecule has 1 unspecified atom stereocenters. The fourth-order valence-corrected chi connectivity index (χ4v) is 1.11. The van der Waals surface area contributed by atoms with Gasteiger partial charge in [-0.05, 0) is 12.1 Å². The van der Waals surface area contributed by atoms with Crippen LogP contribution in [-0.2, 0) is 9.59 Å². The summed E-state index contributed by atoms with van der Waals surface area (Å²) in [5, 5.41) is 8.48. The zero-order valence-electron chi connectivity index (χ0n) is 8.93. The van der Waals surface area contributed by atoms with Gasteiger partial charge in [-0.3, -0.25) is 9.59 Å². The van der Waals surface area contributed by atoms with Crippen LogP contribution < -0.4 is 10.5 Å².